The van der Waals surface area contributed by atoms with Crippen LogP contribution in [0.15, 0.2) is 5.16 Å². The predicted octanol–water partition coefficient (Wildman–Crippen LogP) is 2.37. The topological polar surface area (TPSA) is 156 Å². The third-order valence-corrected chi connectivity index (χ3v) is 5.72. The minimum atomic E-state index is -4.36. The number of carbonyl (C=O) groups excluding carboxylic acids is 2. The first-order valence-electron chi connectivity index (χ1n) is 11.0. The van der Waals surface area contributed by atoms with Gasteiger partial charge < -0.3 is 25.5 Å². The Morgan fingerprint density at radius 3 is 2.18 bits per heavy atom. The molecule has 0 aliphatic carbocycles. The van der Waals surface area contributed by atoms with Crippen LogP contribution in [0.3, 0.4) is 0 Å². The number of phosphoric ester groups is 1. The van der Waals surface area contributed by atoms with E-state index in [0.717, 1.165) is 0 Å². The number of hydrogen-bond acceptors (Lipinski definition) is 8. The molecule has 0 aromatic rings. The fraction of sp³-hybridized carbons (Fsp3) is 0.857. The number of nitrogens with zero attached hydrogens (tertiary/aromatic N) is 1. The fourth-order valence-electron chi connectivity index (χ4n) is 2.09. The Bertz CT molecular complexity index is 719. The number of aliphatic hydroxyl groups excluding tert-OH is 1. The molecule has 0 saturated heterocycles. The van der Waals surface area contributed by atoms with Crippen molar-refractivity contribution in [2.75, 3.05) is 19.7 Å². The van der Waals surface area contributed by atoms with E-state index in [1.165, 1.54) is 13.8 Å². The van der Waals surface area contributed by atoms with Crippen LogP contribution in [0.25, 0.3) is 0 Å². The van der Waals surface area contributed by atoms with Gasteiger partial charge in [0.25, 0.3) is 0 Å². The summed E-state index contributed by atoms with van der Waals surface area (Å²) < 4.78 is 21.9. The molecule has 0 aromatic heterocycles. The van der Waals surface area contributed by atoms with Gasteiger partial charge in [0.2, 0.25) is 11.8 Å². The average molecular weight is 496 g/mol. The highest BCUT2D eigenvalue weighted by Gasteiger charge is 2.38. The maximum Gasteiger partial charge on any atom is 0.472 e. The third kappa shape index (κ3) is 14.4. The van der Waals surface area contributed by atoms with Gasteiger partial charge in [0.1, 0.15) is 12.2 Å². The Hall–Kier alpha value is -1.52. The van der Waals surface area contributed by atoms with Gasteiger partial charge in [0.05, 0.1) is 24.5 Å². The highest BCUT2D eigenvalue weighted by Crippen LogP contribution is 2.48. The second kappa shape index (κ2) is 13.4. The zero-order valence-corrected chi connectivity index (χ0v) is 22.2. The van der Waals surface area contributed by atoms with Gasteiger partial charge in [0.15, 0.2) is 0 Å². The molecule has 0 aliphatic rings. The van der Waals surface area contributed by atoms with Crippen molar-refractivity contribution in [1.29, 1.82) is 0 Å². The SMILES string of the molecule is C/C(CNC(=O)CCNC(=O)C(O)C(C)(C)COP(=O)(O)OC(C)(C)C)=N\OC(C)C(C)C. The van der Waals surface area contributed by atoms with E-state index >= 15 is 0 Å². The van der Waals surface area contributed by atoms with Crippen molar-refractivity contribution in [3.8, 4) is 0 Å². The molecule has 3 atom stereocenters. The quantitative estimate of drug-likeness (QED) is 0.163. The van der Waals surface area contributed by atoms with E-state index in [2.05, 4.69) is 15.8 Å². The van der Waals surface area contributed by atoms with E-state index in [4.69, 9.17) is 13.9 Å². The minimum Gasteiger partial charge on any atom is -0.393 e. The molecule has 4 N–H and O–H groups in total. The molecular formula is C21H42N3O8P. The molecule has 0 aliphatic heterocycles. The Kier molecular flexibility index (Phi) is 12.8. The molecule has 0 saturated carbocycles. The van der Waals surface area contributed by atoms with E-state index in [0.29, 0.717) is 11.6 Å². The number of phosphoric acid groups is 1. The number of rotatable bonds is 14. The van der Waals surface area contributed by atoms with Crippen molar-refractivity contribution < 1.29 is 38.0 Å². The van der Waals surface area contributed by atoms with Crippen LogP contribution in [0.1, 0.15) is 68.7 Å². The number of carbonyl (C=O) groups is 2. The standard InChI is InChI=1S/C21H42N3O8P/c1-14(2)16(4)31-24-15(3)12-23-17(25)10-11-22-19(27)18(26)21(8,9)13-30-33(28,29)32-20(5,6)7/h14,16,18,26H,10-13H2,1-9H3,(H,22,27)(H,23,25)(H,28,29)/b24-15+. The molecule has 2 amide bonds. The molecule has 0 bridgehead atoms. The molecule has 0 fully saturated rings. The molecule has 0 radical (unpaired) electrons. The molecule has 12 heteroatoms. The Balaban J connectivity index is 4.44. The van der Waals surface area contributed by atoms with E-state index in [1.54, 1.807) is 27.7 Å². The van der Waals surface area contributed by atoms with Crippen molar-refractivity contribution >= 4 is 25.3 Å². The number of nitrogens with one attached hydrogen (secondary N) is 2. The van der Waals surface area contributed by atoms with Crippen LogP contribution < -0.4 is 10.6 Å². The summed E-state index contributed by atoms with van der Waals surface area (Å²) >= 11 is 0. The van der Waals surface area contributed by atoms with Gasteiger partial charge in [-0.2, -0.15) is 0 Å². The second-order valence-corrected chi connectivity index (χ2v) is 11.4. The Morgan fingerprint density at radius 1 is 1.09 bits per heavy atom. The summed E-state index contributed by atoms with van der Waals surface area (Å²) in [6, 6.07) is 0. The van der Waals surface area contributed by atoms with Crippen molar-refractivity contribution in [3.63, 3.8) is 0 Å². The van der Waals surface area contributed by atoms with Gasteiger partial charge in [-0.3, -0.25) is 18.6 Å². The molecule has 11 nitrogen and oxygen atoms in total. The van der Waals surface area contributed by atoms with Crippen LogP contribution >= 0.6 is 7.82 Å². The van der Waals surface area contributed by atoms with Gasteiger partial charge in [-0.25, -0.2) is 4.57 Å². The molecular weight excluding hydrogens is 453 g/mol. The average Bonchev–Trinajstić information content (AvgIpc) is 2.66. The summed E-state index contributed by atoms with van der Waals surface area (Å²) in [5, 5.41) is 19.4. The lowest BCUT2D eigenvalue weighted by atomic mass is 9.87. The first kappa shape index (κ1) is 31.5. The Morgan fingerprint density at radius 2 is 1.67 bits per heavy atom. The van der Waals surface area contributed by atoms with E-state index in [-0.39, 0.29) is 31.5 Å². The molecule has 0 spiro atoms. The van der Waals surface area contributed by atoms with Crippen molar-refractivity contribution in [2.24, 2.45) is 16.5 Å². The molecule has 0 heterocycles. The molecule has 33 heavy (non-hydrogen) atoms. The van der Waals surface area contributed by atoms with Crippen LogP contribution in [0.5, 0.6) is 0 Å². The first-order chi connectivity index (χ1) is 14.9. The van der Waals surface area contributed by atoms with Gasteiger partial charge in [-0.05, 0) is 40.5 Å². The highest BCUT2D eigenvalue weighted by molar-refractivity contribution is 7.47. The molecule has 0 aromatic carbocycles. The highest BCUT2D eigenvalue weighted by atomic mass is 31.2. The fourth-order valence-corrected chi connectivity index (χ4v) is 3.33. The van der Waals surface area contributed by atoms with Gasteiger partial charge in [0, 0.05) is 18.4 Å². The van der Waals surface area contributed by atoms with Gasteiger partial charge in [-0.15, -0.1) is 0 Å². The monoisotopic (exact) mass is 495 g/mol. The van der Waals surface area contributed by atoms with Crippen LogP contribution in [-0.2, 0) is 28.0 Å². The van der Waals surface area contributed by atoms with Gasteiger partial charge in [-0.1, -0.05) is 32.9 Å². The van der Waals surface area contributed by atoms with E-state index in [1.807, 2.05) is 20.8 Å². The number of aliphatic hydroxyl groups is 1. The molecule has 3 unspecified atom stereocenters. The molecule has 194 valence electrons. The van der Waals surface area contributed by atoms with Crippen molar-refractivity contribution in [3.05, 3.63) is 0 Å². The summed E-state index contributed by atoms with van der Waals surface area (Å²) in [5.41, 5.74) is -1.49. The summed E-state index contributed by atoms with van der Waals surface area (Å²) in [5.74, 6) is -0.717. The summed E-state index contributed by atoms with van der Waals surface area (Å²) in [6.45, 7) is 15.3. The Labute approximate surface area is 197 Å². The largest absolute Gasteiger partial charge is 0.472 e. The predicted molar refractivity (Wildman–Crippen MR) is 126 cm³/mol. The van der Waals surface area contributed by atoms with E-state index < -0.39 is 37.5 Å². The summed E-state index contributed by atoms with van der Waals surface area (Å²) in [7, 11) is -4.36. The van der Waals surface area contributed by atoms with Crippen molar-refractivity contribution in [1.82, 2.24) is 10.6 Å². The zero-order valence-electron chi connectivity index (χ0n) is 21.3. The normalized spacial score (nSPS) is 16.7. The smallest absolute Gasteiger partial charge is 0.393 e. The summed E-state index contributed by atoms with van der Waals surface area (Å²) in [6.07, 6.45) is -1.58. The maximum atomic E-state index is 12.2. The second-order valence-electron chi connectivity index (χ2n) is 10.0. The lowest BCUT2D eigenvalue weighted by molar-refractivity contribution is -0.137. The van der Waals surface area contributed by atoms with Crippen LogP contribution in [0, 0.1) is 11.3 Å². The lowest BCUT2D eigenvalue weighted by Crippen LogP contribution is -2.46. The maximum absolute atomic E-state index is 12.2. The number of oxime groups is 1. The van der Waals surface area contributed by atoms with Crippen LogP contribution in [0.2, 0.25) is 0 Å². The third-order valence-electron chi connectivity index (χ3n) is 4.48. The first-order valence-corrected chi connectivity index (χ1v) is 12.5. The van der Waals surface area contributed by atoms with E-state index in [9.17, 15) is 24.2 Å². The minimum absolute atomic E-state index is 0.00136. The lowest BCUT2D eigenvalue weighted by Gasteiger charge is -2.31. The number of amides is 2. The van der Waals surface area contributed by atoms with Crippen LogP contribution in [-0.4, -0.2) is 65.0 Å². The van der Waals surface area contributed by atoms with Crippen molar-refractivity contribution in [2.45, 2.75) is 86.5 Å². The molecule has 0 rings (SSSR count). The van der Waals surface area contributed by atoms with Crippen LogP contribution in [0.4, 0.5) is 0 Å². The number of hydrogen-bond donors (Lipinski definition) is 4. The zero-order chi connectivity index (χ0) is 26.0. The summed E-state index contributed by atoms with van der Waals surface area (Å²) in [4.78, 5) is 39.3. The van der Waals surface area contributed by atoms with Gasteiger partial charge >= 0.3 is 7.82 Å².